The van der Waals surface area contributed by atoms with Crippen LogP contribution in [0, 0.1) is 5.41 Å². The monoisotopic (exact) mass is 334 g/mol. The number of thioether (sulfide) groups is 2. The molecule has 0 bridgehead atoms. The van der Waals surface area contributed by atoms with E-state index in [1.807, 2.05) is 20.8 Å². The van der Waals surface area contributed by atoms with Crippen LogP contribution in [0.25, 0.3) is 0 Å². The number of rotatable bonds is 5. The normalized spacial score (nSPS) is 21.8. The molecule has 21 heavy (non-hydrogen) atoms. The Labute approximate surface area is 136 Å². The summed E-state index contributed by atoms with van der Waals surface area (Å²) in [6, 6.07) is 0. The molecule has 0 spiro atoms. The highest BCUT2D eigenvalue weighted by atomic mass is 32.2. The van der Waals surface area contributed by atoms with Crippen molar-refractivity contribution in [2.75, 3.05) is 17.3 Å². The van der Waals surface area contributed by atoms with Crippen LogP contribution in [0.1, 0.15) is 47.0 Å². The van der Waals surface area contributed by atoms with Gasteiger partial charge in [-0.2, -0.15) is 11.8 Å². The molecule has 1 saturated heterocycles. The molecule has 2 atom stereocenters. The highest BCUT2D eigenvalue weighted by Crippen LogP contribution is 2.25. The molecule has 0 amide bonds. The summed E-state index contributed by atoms with van der Waals surface area (Å²) in [7, 11) is 0. The Morgan fingerprint density at radius 2 is 1.95 bits per heavy atom. The third kappa shape index (κ3) is 6.51. The Balaban J connectivity index is 2.44. The van der Waals surface area contributed by atoms with Crippen molar-refractivity contribution in [2.45, 2.75) is 58.5 Å². The van der Waals surface area contributed by atoms with Crippen molar-refractivity contribution in [3.05, 3.63) is 0 Å². The topological polar surface area (TPSA) is 52.6 Å². The van der Waals surface area contributed by atoms with Crippen LogP contribution < -0.4 is 0 Å². The fraction of sp³-hybridized carbons (Fsp3) is 0.867. The summed E-state index contributed by atoms with van der Waals surface area (Å²) in [5.41, 5.74) is -0.706. The van der Waals surface area contributed by atoms with Crippen molar-refractivity contribution in [3.63, 3.8) is 0 Å². The van der Waals surface area contributed by atoms with Gasteiger partial charge in [0.05, 0.1) is 5.41 Å². The van der Waals surface area contributed by atoms with E-state index in [0.29, 0.717) is 6.42 Å². The predicted molar refractivity (Wildman–Crippen MR) is 88.5 cm³/mol. The third-order valence-corrected chi connectivity index (χ3v) is 6.03. The van der Waals surface area contributed by atoms with E-state index in [1.54, 1.807) is 30.4 Å². The largest absolute Gasteiger partial charge is 0.450 e. The zero-order chi connectivity index (χ0) is 15.9. The molecular weight excluding hydrogens is 308 g/mol. The molecule has 6 heteroatoms. The van der Waals surface area contributed by atoms with E-state index in [0.717, 1.165) is 23.7 Å². The number of hydrogen-bond donors (Lipinski definition) is 0. The van der Waals surface area contributed by atoms with Gasteiger partial charge in [-0.05, 0) is 51.5 Å². The van der Waals surface area contributed by atoms with Crippen LogP contribution in [0.2, 0.25) is 0 Å². The van der Waals surface area contributed by atoms with E-state index in [-0.39, 0.29) is 11.4 Å². The van der Waals surface area contributed by atoms with Gasteiger partial charge in [-0.3, -0.25) is 4.79 Å². The second-order valence-electron chi connectivity index (χ2n) is 5.80. The Kier molecular flexibility index (Phi) is 7.95. The first-order valence-electron chi connectivity index (χ1n) is 7.47. The molecule has 4 nitrogen and oxygen atoms in total. The van der Waals surface area contributed by atoms with Crippen molar-refractivity contribution in [2.24, 2.45) is 5.41 Å². The highest BCUT2D eigenvalue weighted by Gasteiger charge is 2.31. The SMILES string of the molecule is CCC(C)(C)C(=O)OC(C)C(=O)OC1CSCCCCS1. The van der Waals surface area contributed by atoms with Crippen LogP contribution in [-0.4, -0.2) is 40.7 Å². The lowest BCUT2D eigenvalue weighted by molar-refractivity contribution is -0.172. The lowest BCUT2D eigenvalue weighted by Crippen LogP contribution is -2.35. The van der Waals surface area contributed by atoms with Gasteiger partial charge in [-0.25, -0.2) is 4.79 Å². The second-order valence-corrected chi connectivity index (χ2v) is 8.22. The minimum Gasteiger partial charge on any atom is -0.450 e. The molecule has 1 fully saturated rings. The molecule has 1 rings (SSSR count). The van der Waals surface area contributed by atoms with E-state index in [2.05, 4.69) is 0 Å². The molecule has 0 radical (unpaired) electrons. The van der Waals surface area contributed by atoms with Crippen LogP contribution >= 0.6 is 23.5 Å². The summed E-state index contributed by atoms with van der Waals surface area (Å²) in [5.74, 6) is 2.12. The smallest absolute Gasteiger partial charge is 0.348 e. The molecule has 2 unspecified atom stereocenters. The van der Waals surface area contributed by atoms with Crippen LogP contribution in [0.3, 0.4) is 0 Å². The number of carbonyl (C=O) groups is 2. The van der Waals surface area contributed by atoms with Crippen LogP contribution in [-0.2, 0) is 19.1 Å². The lowest BCUT2D eigenvalue weighted by atomic mass is 9.91. The molecule has 0 aromatic heterocycles. The molecule has 0 saturated carbocycles. The molecule has 1 heterocycles. The van der Waals surface area contributed by atoms with Crippen molar-refractivity contribution >= 4 is 35.5 Å². The minimum absolute atomic E-state index is 0.136. The zero-order valence-electron chi connectivity index (χ0n) is 13.3. The second kappa shape index (κ2) is 8.93. The van der Waals surface area contributed by atoms with E-state index >= 15 is 0 Å². The first-order valence-corrected chi connectivity index (χ1v) is 9.68. The van der Waals surface area contributed by atoms with Gasteiger partial charge in [0.15, 0.2) is 11.5 Å². The van der Waals surface area contributed by atoms with Gasteiger partial charge in [0, 0.05) is 5.75 Å². The Hall–Kier alpha value is -0.360. The van der Waals surface area contributed by atoms with Crippen molar-refractivity contribution in [3.8, 4) is 0 Å². The number of ether oxygens (including phenoxy) is 2. The summed E-state index contributed by atoms with van der Waals surface area (Å²) in [4.78, 5) is 24.0. The molecule has 0 aliphatic carbocycles. The van der Waals surface area contributed by atoms with Crippen LogP contribution in [0.15, 0.2) is 0 Å². The standard InChI is InChI=1S/C15H26O4S2/c1-5-15(3,4)14(17)18-11(2)13(16)19-12-10-20-8-6-7-9-21-12/h11-12H,5-10H2,1-4H3. The predicted octanol–water partition coefficient (Wildman–Crippen LogP) is 3.48. The van der Waals surface area contributed by atoms with E-state index < -0.39 is 17.5 Å². The van der Waals surface area contributed by atoms with Crippen molar-refractivity contribution in [1.82, 2.24) is 0 Å². The first kappa shape index (κ1) is 18.7. The van der Waals surface area contributed by atoms with Crippen molar-refractivity contribution < 1.29 is 19.1 Å². The lowest BCUT2D eigenvalue weighted by Gasteiger charge is -2.24. The van der Waals surface area contributed by atoms with Crippen LogP contribution in [0.4, 0.5) is 0 Å². The van der Waals surface area contributed by atoms with Gasteiger partial charge < -0.3 is 9.47 Å². The van der Waals surface area contributed by atoms with Gasteiger partial charge in [0.2, 0.25) is 0 Å². The zero-order valence-corrected chi connectivity index (χ0v) is 15.0. The van der Waals surface area contributed by atoms with Gasteiger partial charge in [-0.1, -0.05) is 6.92 Å². The van der Waals surface area contributed by atoms with Gasteiger partial charge >= 0.3 is 11.9 Å². The van der Waals surface area contributed by atoms with Crippen molar-refractivity contribution in [1.29, 1.82) is 0 Å². The maximum atomic E-state index is 12.0. The molecular formula is C15H26O4S2. The molecule has 122 valence electrons. The maximum absolute atomic E-state index is 12.0. The Morgan fingerprint density at radius 3 is 2.62 bits per heavy atom. The molecule has 0 aromatic carbocycles. The summed E-state index contributed by atoms with van der Waals surface area (Å²) in [6.45, 7) is 7.13. The highest BCUT2D eigenvalue weighted by molar-refractivity contribution is 8.03. The summed E-state index contributed by atoms with van der Waals surface area (Å²) >= 11 is 3.47. The number of esters is 2. The molecule has 0 N–H and O–H groups in total. The minimum atomic E-state index is -0.848. The van der Waals surface area contributed by atoms with Gasteiger partial charge in [0.25, 0.3) is 0 Å². The van der Waals surface area contributed by atoms with Crippen LogP contribution in [0.5, 0.6) is 0 Å². The van der Waals surface area contributed by atoms with E-state index in [9.17, 15) is 9.59 Å². The summed E-state index contributed by atoms with van der Waals surface area (Å²) < 4.78 is 10.7. The summed E-state index contributed by atoms with van der Waals surface area (Å²) in [6.07, 6.45) is 2.20. The number of hydrogen-bond acceptors (Lipinski definition) is 6. The van der Waals surface area contributed by atoms with Gasteiger partial charge in [0.1, 0.15) is 0 Å². The molecule has 1 aliphatic rings. The summed E-state index contributed by atoms with van der Waals surface area (Å²) in [5, 5.41) is 0. The third-order valence-electron chi connectivity index (χ3n) is 3.54. The molecule has 0 aromatic rings. The van der Waals surface area contributed by atoms with E-state index in [1.165, 1.54) is 6.42 Å². The average molecular weight is 335 g/mol. The quantitative estimate of drug-likeness (QED) is 0.718. The fourth-order valence-electron chi connectivity index (χ4n) is 1.55. The average Bonchev–Trinajstić information content (AvgIpc) is 2.41. The fourth-order valence-corrected chi connectivity index (χ4v) is 3.86. The Morgan fingerprint density at radius 1 is 1.29 bits per heavy atom. The first-order chi connectivity index (χ1) is 9.86. The van der Waals surface area contributed by atoms with E-state index in [4.69, 9.17) is 9.47 Å². The Bertz CT molecular complexity index is 350. The number of carbonyl (C=O) groups excluding carboxylic acids is 2. The maximum Gasteiger partial charge on any atom is 0.348 e. The van der Waals surface area contributed by atoms with Gasteiger partial charge in [-0.15, -0.1) is 11.8 Å². The molecule has 1 aliphatic heterocycles.